The molecule has 0 spiro atoms. The molecule has 0 saturated carbocycles. The second-order valence-electron chi connectivity index (χ2n) is 9.31. The maximum absolute atomic E-state index is 13.4. The minimum absolute atomic E-state index is 0.0682. The summed E-state index contributed by atoms with van der Waals surface area (Å²) in [5.74, 6) is 0.298. The van der Waals surface area contributed by atoms with Gasteiger partial charge in [0.25, 0.3) is 0 Å². The number of carbonyl (C=O) groups is 2. The Morgan fingerprint density at radius 2 is 1.62 bits per heavy atom. The molecule has 2 amide bonds. The van der Waals surface area contributed by atoms with E-state index >= 15 is 0 Å². The SMILES string of the molecule is CC(C)(C)NC(=O)CN1CCCN([C@H](C(=O)N2CCCC2)c2ccccc2)CC1. The van der Waals surface area contributed by atoms with Crippen molar-refractivity contribution in [3.63, 3.8) is 0 Å². The Bertz CT molecular complexity index is 680. The van der Waals surface area contributed by atoms with Gasteiger partial charge in [-0.25, -0.2) is 0 Å². The van der Waals surface area contributed by atoms with E-state index in [4.69, 9.17) is 0 Å². The Hall–Kier alpha value is -1.92. The number of likely N-dealkylation sites (tertiary alicyclic amines) is 1. The molecule has 0 aliphatic carbocycles. The average Bonchev–Trinajstić information content (AvgIpc) is 3.11. The summed E-state index contributed by atoms with van der Waals surface area (Å²) in [6.45, 7) is 11.5. The molecule has 0 aromatic heterocycles. The van der Waals surface area contributed by atoms with Crippen molar-refractivity contribution in [2.45, 2.75) is 51.6 Å². The van der Waals surface area contributed by atoms with Gasteiger partial charge in [-0.15, -0.1) is 0 Å². The predicted molar refractivity (Wildman–Crippen MR) is 116 cm³/mol. The molecule has 2 saturated heterocycles. The second kappa shape index (κ2) is 9.72. The molecule has 2 aliphatic heterocycles. The van der Waals surface area contributed by atoms with Gasteiger partial charge in [0.2, 0.25) is 11.8 Å². The third kappa shape index (κ3) is 6.28. The second-order valence-corrected chi connectivity index (χ2v) is 9.31. The van der Waals surface area contributed by atoms with Crippen LogP contribution in [0.4, 0.5) is 0 Å². The lowest BCUT2D eigenvalue weighted by Gasteiger charge is -2.33. The number of amides is 2. The van der Waals surface area contributed by atoms with Crippen molar-refractivity contribution in [1.29, 1.82) is 0 Å². The van der Waals surface area contributed by atoms with Gasteiger partial charge in [0.05, 0.1) is 6.54 Å². The first-order valence-corrected chi connectivity index (χ1v) is 10.9. The Morgan fingerprint density at radius 3 is 2.28 bits per heavy atom. The highest BCUT2D eigenvalue weighted by atomic mass is 16.2. The van der Waals surface area contributed by atoms with E-state index in [9.17, 15) is 9.59 Å². The predicted octanol–water partition coefficient (Wildman–Crippen LogP) is 2.27. The summed E-state index contributed by atoms with van der Waals surface area (Å²) in [5.41, 5.74) is 0.860. The van der Waals surface area contributed by atoms with E-state index in [0.717, 1.165) is 64.1 Å². The molecule has 0 unspecified atom stereocenters. The quantitative estimate of drug-likeness (QED) is 0.824. The van der Waals surface area contributed by atoms with Crippen LogP contribution in [0.25, 0.3) is 0 Å². The molecule has 2 aliphatic rings. The summed E-state index contributed by atoms with van der Waals surface area (Å²) in [4.78, 5) is 32.3. The normalized spacial score (nSPS) is 20.3. The van der Waals surface area contributed by atoms with Crippen molar-refractivity contribution in [2.24, 2.45) is 0 Å². The zero-order chi connectivity index (χ0) is 20.9. The van der Waals surface area contributed by atoms with Crippen molar-refractivity contribution >= 4 is 11.8 Å². The van der Waals surface area contributed by atoms with Crippen LogP contribution in [-0.2, 0) is 9.59 Å². The van der Waals surface area contributed by atoms with Gasteiger partial charge in [-0.05, 0) is 52.1 Å². The highest BCUT2D eigenvalue weighted by Crippen LogP contribution is 2.26. The summed E-state index contributed by atoms with van der Waals surface area (Å²) in [5, 5.41) is 3.05. The molecule has 1 aromatic rings. The van der Waals surface area contributed by atoms with E-state index in [0.29, 0.717) is 6.54 Å². The maximum atomic E-state index is 13.4. The number of rotatable bonds is 5. The number of nitrogens with one attached hydrogen (secondary N) is 1. The summed E-state index contributed by atoms with van der Waals surface area (Å²) in [6, 6.07) is 9.94. The van der Waals surface area contributed by atoms with Gasteiger partial charge in [-0.2, -0.15) is 0 Å². The Labute approximate surface area is 175 Å². The molecular formula is C23H36N4O2. The molecule has 0 bridgehead atoms. The molecule has 3 rings (SSSR count). The highest BCUT2D eigenvalue weighted by Gasteiger charge is 2.33. The van der Waals surface area contributed by atoms with Crippen molar-refractivity contribution in [3.8, 4) is 0 Å². The minimum atomic E-state index is -0.224. The third-order valence-electron chi connectivity index (χ3n) is 5.64. The van der Waals surface area contributed by atoms with E-state index in [2.05, 4.69) is 27.2 Å². The van der Waals surface area contributed by atoms with Gasteiger partial charge in [0.15, 0.2) is 0 Å². The van der Waals surface area contributed by atoms with E-state index in [1.165, 1.54) is 0 Å². The largest absolute Gasteiger partial charge is 0.350 e. The first-order chi connectivity index (χ1) is 13.8. The van der Waals surface area contributed by atoms with E-state index in [1.807, 2.05) is 43.9 Å². The van der Waals surface area contributed by atoms with Crippen LogP contribution in [0.15, 0.2) is 30.3 Å². The molecule has 6 nitrogen and oxygen atoms in total. The first-order valence-electron chi connectivity index (χ1n) is 10.9. The zero-order valence-corrected chi connectivity index (χ0v) is 18.2. The molecule has 0 radical (unpaired) electrons. The minimum Gasteiger partial charge on any atom is -0.350 e. The topological polar surface area (TPSA) is 55.9 Å². The number of hydrogen-bond donors (Lipinski definition) is 1. The molecule has 160 valence electrons. The smallest absolute Gasteiger partial charge is 0.244 e. The summed E-state index contributed by atoms with van der Waals surface area (Å²) < 4.78 is 0. The fourth-order valence-electron chi connectivity index (χ4n) is 4.32. The lowest BCUT2D eigenvalue weighted by atomic mass is 10.0. The number of hydrogen-bond acceptors (Lipinski definition) is 4. The molecule has 2 fully saturated rings. The molecule has 1 aromatic carbocycles. The van der Waals surface area contributed by atoms with Crippen LogP contribution in [0.5, 0.6) is 0 Å². The van der Waals surface area contributed by atoms with Gasteiger partial charge < -0.3 is 10.2 Å². The summed E-state index contributed by atoms with van der Waals surface area (Å²) >= 11 is 0. The van der Waals surface area contributed by atoms with Crippen molar-refractivity contribution in [2.75, 3.05) is 45.8 Å². The number of nitrogens with zero attached hydrogens (tertiary/aromatic N) is 3. The van der Waals surface area contributed by atoms with Crippen molar-refractivity contribution in [3.05, 3.63) is 35.9 Å². The van der Waals surface area contributed by atoms with Crippen LogP contribution in [-0.4, -0.2) is 77.9 Å². The molecule has 29 heavy (non-hydrogen) atoms. The van der Waals surface area contributed by atoms with Crippen LogP contribution in [0, 0.1) is 0 Å². The zero-order valence-electron chi connectivity index (χ0n) is 18.2. The van der Waals surface area contributed by atoms with E-state index in [-0.39, 0.29) is 23.4 Å². The molecule has 1 atom stereocenters. The Morgan fingerprint density at radius 1 is 0.931 bits per heavy atom. The highest BCUT2D eigenvalue weighted by molar-refractivity contribution is 5.83. The van der Waals surface area contributed by atoms with Crippen LogP contribution < -0.4 is 5.32 Å². The lowest BCUT2D eigenvalue weighted by Crippen LogP contribution is -2.47. The first kappa shape index (κ1) is 21.8. The Balaban J connectivity index is 1.67. The fraction of sp³-hybridized carbons (Fsp3) is 0.652. The fourth-order valence-corrected chi connectivity index (χ4v) is 4.32. The standard InChI is InChI=1S/C23H36N4O2/c1-23(2,3)24-20(28)18-25-12-9-15-26(17-16-25)21(19-10-5-4-6-11-19)22(29)27-13-7-8-14-27/h4-6,10-11,21H,7-9,12-18H2,1-3H3,(H,24,28)/t21-/m0/s1. The molecule has 2 heterocycles. The monoisotopic (exact) mass is 400 g/mol. The maximum Gasteiger partial charge on any atom is 0.244 e. The van der Waals surface area contributed by atoms with E-state index < -0.39 is 0 Å². The molecular weight excluding hydrogens is 364 g/mol. The van der Waals surface area contributed by atoms with Gasteiger partial charge >= 0.3 is 0 Å². The third-order valence-corrected chi connectivity index (χ3v) is 5.64. The summed E-state index contributed by atoms with van der Waals surface area (Å²) in [6.07, 6.45) is 3.16. The molecule has 1 N–H and O–H groups in total. The number of carbonyl (C=O) groups excluding carboxylic acids is 2. The van der Waals surface area contributed by atoms with Crippen LogP contribution in [0.1, 0.15) is 51.6 Å². The van der Waals surface area contributed by atoms with Crippen LogP contribution in [0.2, 0.25) is 0 Å². The van der Waals surface area contributed by atoms with Crippen LogP contribution in [0.3, 0.4) is 0 Å². The number of benzene rings is 1. The van der Waals surface area contributed by atoms with Gasteiger partial charge in [0.1, 0.15) is 6.04 Å². The molecule has 6 heteroatoms. The van der Waals surface area contributed by atoms with Crippen molar-refractivity contribution < 1.29 is 9.59 Å². The van der Waals surface area contributed by atoms with Gasteiger partial charge in [0, 0.05) is 38.3 Å². The van der Waals surface area contributed by atoms with Crippen LogP contribution >= 0.6 is 0 Å². The summed E-state index contributed by atoms with van der Waals surface area (Å²) in [7, 11) is 0. The Kier molecular flexibility index (Phi) is 7.30. The lowest BCUT2D eigenvalue weighted by molar-refractivity contribution is -0.136. The van der Waals surface area contributed by atoms with Gasteiger partial charge in [-0.1, -0.05) is 30.3 Å². The van der Waals surface area contributed by atoms with Gasteiger partial charge in [-0.3, -0.25) is 19.4 Å². The average molecular weight is 401 g/mol. The van der Waals surface area contributed by atoms with Crippen molar-refractivity contribution in [1.82, 2.24) is 20.0 Å². The van der Waals surface area contributed by atoms with E-state index in [1.54, 1.807) is 0 Å².